The van der Waals surface area contributed by atoms with Crippen LogP contribution in [0.3, 0.4) is 0 Å². The molecule has 4 rings (SSSR count). The number of benzene rings is 2. The highest BCUT2D eigenvalue weighted by Gasteiger charge is 2.35. The minimum absolute atomic E-state index is 0.0167. The van der Waals surface area contributed by atoms with Crippen LogP contribution >= 0.6 is 0 Å². The monoisotopic (exact) mass is 423 g/mol. The van der Waals surface area contributed by atoms with Gasteiger partial charge < -0.3 is 5.32 Å². The first-order chi connectivity index (χ1) is 14.4. The third-order valence-electron chi connectivity index (χ3n) is 5.68. The van der Waals surface area contributed by atoms with E-state index in [0.717, 1.165) is 24.6 Å². The first-order valence-corrected chi connectivity index (χ1v) is 11.6. The number of pyridine rings is 1. The predicted molar refractivity (Wildman–Crippen MR) is 118 cm³/mol. The standard InChI is InChI=1S/C23H25N3O3S/c1-16-6-3-7-17(2)26(16)30(28,29)20-13-11-19(12-14-20)25-23(27)21-10-4-8-18-9-5-15-24-22(18)21/h4-5,8-17H,3,6-7H2,1-2H3,(H,25,27). The number of aromatic nitrogens is 1. The fourth-order valence-electron chi connectivity index (χ4n) is 4.19. The van der Waals surface area contributed by atoms with Crippen LogP contribution < -0.4 is 5.32 Å². The Labute approximate surface area is 177 Å². The summed E-state index contributed by atoms with van der Waals surface area (Å²) in [4.78, 5) is 17.3. The van der Waals surface area contributed by atoms with Crippen molar-refractivity contribution in [2.45, 2.75) is 50.1 Å². The van der Waals surface area contributed by atoms with E-state index in [9.17, 15) is 13.2 Å². The van der Waals surface area contributed by atoms with Crippen LogP contribution in [0.5, 0.6) is 0 Å². The Balaban J connectivity index is 1.56. The van der Waals surface area contributed by atoms with E-state index in [4.69, 9.17) is 0 Å². The number of hydrogen-bond donors (Lipinski definition) is 1. The Morgan fingerprint density at radius 1 is 1.00 bits per heavy atom. The number of sulfonamides is 1. The van der Waals surface area contributed by atoms with E-state index in [-0.39, 0.29) is 22.9 Å². The summed E-state index contributed by atoms with van der Waals surface area (Å²) < 4.78 is 27.9. The van der Waals surface area contributed by atoms with E-state index in [0.29, 0.717) is 16.8 Å². The van der Waals surface area contributed by atoms with Crippen molar-refractivity contribution >= 4 is 32.5 Å². The lowest BCUT2D eigenvalue weighted by Gasteiger charge is -2.37. The van der Waals surface area contributed by atoms with E-state index in [1.165, 1.54) is 0 Å². The zero-order chi connectivity index (χ0) is 21.3. The van der Waals surface area contributed by atoms with Crippen LogP contribution in [0.4, 0.5) is 5.69 Å². The number of hydrogen-bond acceptors (Lipinski definition) is 4. The van der Waals surface area contributed by atoms with Crippen LogP contribution in [0.1, 0.15) is 43.5 Å². The molecule has 1 saturated heterocycles. The van der Waals surface area contributed by atoms with Gasteiger partial charge in [0, 0.05) is 29.4 Å². The molecule has 2 atom stereocenters. The van der Waals surface area contributed by atoms with Crippen molar-refractivity contribution < 1.29 is 13.2 Å². The maximum absolute atomic E-state index is 13.1. The Morgan fingerprint density at radius 3 is 2.37 bits per heavy atom. The minimum Gasteiger partial charge on any atom is -0.322 e. The number of piperidine rings is 1. The molecule has 1 amide bonds. The lowest BCUT2D eigenvalue weighted by molar-refractivity contribution is 0.102. The summed E-state index contributed by atoms with van der Waals surface area (Å²) in [5, 5.41) is 3.72. The van der Waals surface area contributed by atoms with E-state index in [2.05, 4.69) is 10.3 Å². The van der Waals surface area contributed by atoms with Gasteiger partial charge in [-0.3, -0.25) is 9.78 Å². The Morgan fingerprint density at radius 2 is 1.67 bits per heavy atom. The summed E-state index contributed by atoms with van der Waals surface area (Å²) in [6.45, 7) is 3.92. The molecule has 1 fully saturated rings. The Kier molecular flexibility index (Phi) is 5.58. The van der Waals surface area contributed by atoms with Crippen LogP contribution in [-0.2, 0) is 10.0 Å². The summed E-state index contributed by atoms with van der Waals surface area (Å²) in [7, 11) is -3.58. The molecule has 3 aromatic rings. The normalized spacial score (nSPS) is 20.2. The van der Waals surface area contributed by atoms with Crippen LogP contribution in [0.25, 0.3) is 10.9 Å². The zero-order valence-corrected chi connectivity index (χ0v) is 17.9. The molecule has 2 aromatic carbocycles. The number of para-hydroxylation sites is 1. The smallest absolute Gasteiger partial charge is 0.257 e. The van der Waals surface area contributed by atoms with Crippen LogP contribution in [0, 0.1) is 0 Å². The lowest BCUT2D eigenvalue weighted by atomic mass is 10.0. The molecule has 30 heavy (non-hydrogen) atoms. The molecule has 6 nitrogen and oxygen atoms in total. The number of nitrogens with one attached hydrogen (secondary N) is 1. The molecule has 1 N–H and O–H groups in total. The fourth-order valence-corrected chi connectivity index (χ4v) is 6.07. The molecule has 2 unspecified atom stereocenters. The molecule has 156 valence electrons. The molecule has 1 aromatic heterocycles. The van der Waals surface area contributed by atoms with Crippen molar-refractivity contribution in [3.05, 3.63) is 66.4 Å². The molecule has 1 aliphatic heterocycles. The van der Waals surface area contributed by atoms with Gasteiger partial charge in [0.15, 0.2) is 0 Å². The molecular formula is C23H25N3O3S. The van der Waals surface area contributed by atoms with E-state index in [1.54, 1.807) is 40.8 Å². The second kappa shape index (κ2) is 8.16. The fraction of sp³-hybridized carbons (Fsp3) is 0.304. The number of nitrogens with zero attached hydrogens (tertiary/aromatic N) is 2. The summed E-state index contributed by atoms with van der Waals surface area (Å²) >= 11 is 0. The van der Waals surface area contributed by atoms with Gasteiger partial charge in [0.25, 0.3) is 5.91 Å². The summed E-state index contributed by atoms with van der Waals surface area (Å²) in [6, 6.07) is 15.5. The molecule has 0 saturated carbocycles. The molecular weight excluding hydrogens is 398 g/mol. The SMILES string of the molecule is CC1CCCC(C)N1S(=O)(=O)c1ccc(NC(=O)c2cccc3cccnc23)cc1. The van der Waals surface area contributed by atoms with Gasteiger partial charge in [0.05, 0.1) is 16.0 Å². The van der Waals surface area contributed by atoms with Gasteiger partial charge in [-0.05, 0) is 63.1 Å². The number of rotatable bonds is 4. The number of carbonyl (C=O) groups is 1. The molecule has 0 bridgehead atoms. The van der Waals surface area contributed by atoms with Gasteiger partial charge in [-0.2, -0.15) is 4.31 Å². The van der Waals surface area contributed by atoms with Gasteiger partial charge in [-0.15, -0.1) is 0 Å². The summed E-state index contributed by atoms with van der Waals surface area (Å²) in [5.41, 5.74) is 1.64. The summed E-state index contributed by atoms with van der Waals surface area (Å²) in [6.07, 6.45) is 4.44. The van der Waals surface area contributed by atoms with Crippen molar-refractivity contribution in [1.29, 1.82) is 0 Å². The van der Waals surface area contributed by atoms with Crippen LogP contribution in [0.15, 0.2) is 65.7 Å². The average molecular weight is 424 g/mol. The van der Waals surface area contributed by atoms with E-state index >= 15 is 0 Å². The molecule has 1 aliphatic rings. The molecule has 0 radical (unpaired) electrons. The second-order valence-corrected chi connectivity index (χ2v) is 9.67. The first-order valence-electron chi connectivity index (χ1n) is 10.2. The number of amides is 1. The van der Waals surface area contributed by atoms with E-state index < -0.39 is 10.0 Å². The van der Waals surface area contributed by atoms with Crippen LogP contribution in [0.2, 0.25) is 0 Å². The van der Waals surface area contributed by atoms with Gasteiger partial charge in [0.1, 0.15) is 0 Å². The highest BCUT2D eigenvalue weighted by Crippen LogP contribution is 2.30. The average Bonchev–Trinajstić information content (AvgIpc) is 2.73. The third-order valence-corrected chi connectivity index (χ3v) is 7.82. The topological polar surface area (TPSA) is 79.4 Å². The number of carbonyl (C=O) groups excluding carboxylic acids is 1. The highest BCUT2D eigenvalue weighted by atomic mass is 32.2. The van der Waals surface area contributed by atoms with Crippen molar-refractivity contribution in [3.63, 3.8) is 0 Å². The quantitative estimate of drug-likeness (QED) is 0.673. The minimum atomic E-state index is -3.58. The third kappa shape index (κ3) is 3.82. The Hall–Kier alpha value is -2.77. The zero-order valence-electron chi connectivity index (χ0n) is 17.1. The maximum atomic E-state index is 13.1. The van der Waals surface area contributed by atoms with Gasteiger partial charge >= 0.3 is 0 Å². The van der Waals surface area contributed by atoms with Gasteiger partial charge in [-0.1, -0.05) is 24.6 Å². The van der Waals surface area contributed by atoms with Crippen LogP contribution in [-0.4, -0.2) is 35.7 Å². The second-order valence-electron chi connectivity index (χ2n) is 7.82. The molecule has 2 heterocycles. The van der Waals surface area contributed by atoms with Crippen molar-refractivity contribution in [2.24, 2.45) is 0 Å². The van der Waals surface area contributed by atoms with Crippen molar-refractivity contribution in [3.8, 4) is 0 Å². The number of anilines is 1. The predicted octanol–water partition coefficient (Wildman–Crippen LogP) is 4.44. The summed E-state index contributed by atoms with van der Waals surface area (Å²) in [5.74, 6) is -0.284. The van der Waals surface area contributed by atoms with Gasteiger partial charge in [-0.25, -0.2) is 8.42 Å². The van der Waals surface area contributed by atoms with E-state index in [1.807, 2.05) is 38.1 Å². The lowest BCUT2D eigenvalue weighted by Crippen LogP contribution is -2.47. The largest absolute Gasteiger partial charge is 0.322 e. The van der Waals surface area contributed by atoms with Gasteiger partial charge in [0.2, 0.25) is 10.0 Å². The Bertz CT molecular complexity index is 1160. The molecule has 7 heteroatoms. The van der Waals surface area contributed by atoms with Crippen molar-refractivity contribution in [2.75, 3.05) is 5.32 Å². The molecule has 0 spiro atoms. The first kappa shape index (κ1) is 20.5. The highest BCUT2D eigenvalue weighted by molar-refractivity contribution is 7.89. The van der Waals surface area contributed by atoms with Crippen molar-refractivity contribution in [1.82, 2.24) is 9.29 Å². The maximum Gasteiger partial charge on any atom is 0.257 e. The number of fused-ring (bicyclic) bond motifs is 1. The molecule has 0 aliphatic carbocycles.